The fourth-order valence-electron chi connectivity index (χ4n) is 2.44. The van der Waals surface area contributed by atoms with Crippen LogP contribution in [0.3, 0.4) is 0 Å². The largest absolute Gasteiger partial charge is 0.351 e. The van der Waals surface area contributed by atoms with Gasteiger partial charge in [0.2, 0.25) is 0 Å². The number of hydrogen-bond acceptors (Lipinski definition) is 4. The van der Waals surface area contributed by atoms with Gasteiger partial charge in [-0.05, 0) is 25.0 Å². The Bertz CT molecular complexity index is 646. The molecule has 0 unspecified atom stereocenters. The first-order valence-electron chi connectivity index (χ1n) is 9.22. The maximum atomic E-state index is 12.7. The van der Waals surface area contributed by atoms with Crippen molar-refractivity contribution in [3.63, 3.8) is 0 Å². The monoisotopic (exact) mass is 372 g/mol. The number of carbonyl (C=O) groups is 1. The van der Waals surface area contributed by atoms with Gasteiger partial charge in [-0.15, -0.1) is 0 Å². The Hall–Kier alpha value is -2.41. The quantitative estimate of drug-likeness (QED) is 0.482. The lowest BCUT2D eigenvalue weighted by molar-refractivity contribution is -0.203. The molecule has 2 aromatic carbocycles. The molecular weight excluding hydrogens is 344 g/mol. The highest BCUT2D eigenvalue weighted by molar-refractivity contribution is 5.73. The lowest BCUT2D eigenvalue weighted by atomic mass is 10.2. The molecule has 2 aromatic rings. The van der Waals surface area contributed by atoms with E-state index >= 15 is 0 Å². The third-order valence-electron chi connectivity index (χ3n) is 3.76. The number of nitrogens with one attached hydrogen (secondary N) is 1. The van der Waals surface area contributed by atoms with Gasteiger partial charge in [-0.3, -0.25) is 4.84 Å². The Kier molecular flexibility index (Phi) is 9.34. The molecule has 2 rings (SSSR count). The number of hydroxylamine groups is 2. The van der Waals surface area contributed by atoms with Crippen LogP contribution in [0.2, 0.25) is 0 Å². The smallest absolute Gasteiger partial charge is 0.341 e. The van der Waals surface area contributed by atoms with Crippen molar-refractivity contribution in [3.05, 3.63) is 71.8 Å². The van der Waals surface area contributed by atoms with Crippen molar-refractivity contribution in [2.75, 3.05) is 19.8 Å². The van der Waals surface area contributed by atoms with Gasteiger partial charge in [0.15, 0.2) is 6.29 Å². The molecular formula is C21H28N2O4. The van der Waals surface area contributed by atoms with Crippen LogP contribution >= 0.6 is 0 Å². The van der Waals surface area contributed by atoms with Crippen LogP contribution in [0.5, 0.6) is 0 Å². The van der Waals surface area contributed by atoms with E-state index in [-0.39, 0.29) is 19.2 Å². The van der Waals surface area contributed by atoms with Gasteiger partial charge in [0.1, 0.15) is 13.2 Å². The zero-order valence-corrected chi connectivity index (χ0v) is 16.0. The number of nitrogens with zero attached hydrogens (tertiary/aromatic N) is 1. The first-order chi connectivity index (χ1) is 13.2. The normalized spacial score (nSPS) is 10.8. The third-order valence-corrected chi connectivity index (χ3v) is 3.76. The standard InChI is InChI=1S/C21H28N2O4/c1-3-25-20(26-4-2)16-23(27-17-19-13-9-6-10-14-19)21(24)22-15-18-11-7-5-8-12-18/h5-14,20H,3-4,15-17H2,1-2H3,(H,22,24). The van der Waals surface area contributed by atoms with E-state index in [4.69, 9.17) is 14.3 Å². The van der Waals surface area contributed by atoms with Crippen LogP contribution in [-0.2, 0) is 27.5 Å². The van der Waals surface area contributed by atoms with E-state index in [1.54, 1.807) is 0 Å². The Balaban J connectivity index is 1.98. The van der Waals surface area contributed by atoms with Crippen molar-refractivity contribution in [2.45, 2.75) is 33.3 Å². The molecule has 0 atom stereocenters. The second-order valence-electron chi connectivity index (χ2n) is 5.80. The van der Waals surface area contributed by atoms with Crippen LogP contribution in [-0.4, -0.2) is 37.1 Å². The van der Waals surface area contributed by atoms with E-state index in [9.17, 15) is 4.79 Å². The van der Waals surface area contributed by atoms with E-state index in [1.807, 2.05) is 74.5 Å². The first kappa shape index (κ1) is 20.9. The Labute approximate surface area is 161 Å². The average Bonchev–Trinajstić information content (AvgIpc) is 2.71. The van der Waals surface area contributed by atoms with E-state index in [0.29, 0.717) is 19.8 Å². The molecule has 27 heavy (non-hydrogen) atoms. The molecule has 0 spiro atoms. The third kappa shape index (κ3) is 7.78. The minimum absolute atomic E-state index is 0.176. The summed E-state index contributed by atoms with van der Waals surface area (Å²) in [6, 6.07) is 19.1. The Morgan fingerprint density at radius 2 is 1.48 bits per heavy atom. The van der Waals surface area contributed by atoms with Gasteiger partial charge < -0.3 is 14.8 Å². The summed E-state index contributed by atoms with van der Waals surface area (Å²) >= 11 is 0. The Morgan fingerprint density at radius 1 is 0.926 bits per heavy atom. The molecule has 0 radical (unpaired) electrons. The molecule has 0 aliphatic carbocycles. The van der Waals surface area contributed by atoms with Crippen molar-refractivity contribution in [3.8, 4) is 0 Å². The molecule has 0 heterocycles. The van der Waals surface area contributed by atoms with Gasteiger partial charge in [-0.1, -0.05) is 60.7 Å². The number of amides is 2. The number of ether oxygens (including phenoxy) is 2. The molecule has 0 aliphatic heterocycles. The predicted molar refractivity (Wildman–Crippen MR) is 104 cm³/mol. The lowest BCUT2D eigenvalue weighted by Gasteiger charge is -2.26. The fourth-order valence-corrected chi connectivity index (χ4v) is 2.44. The number of rotatable bonds is 11. The maximum absolute atomic E-state index is 12.7. The van der Waals surface area contributed by atoms with Crippen molar-refractivity contribution in [1.82, 2.24) is 10.4 Å². The molecule has 0 saturated carbocycles. The van der Waals surface area contributed by atoms with Crippen LogP contribution in [0.25, 0.3) is 0 Å². The summed E-state index contributed by atoms with van der Waals surface area (Å²) in [5.74, 6) is 0. The van der Waals surface area contributed by atoms with Gasteiger partial charge in [0.25, 0.3) is 0 Å². The topological polar surface area (TPSA) is 60.0 Å². The summed E-state index contributed by atoms with van der Waals surface area (Å²) in [5, 5.41) is 4.15. The molecule has 6 nitrogen and oxygen atoms in total. The van der Waals surface area contributed by atoms with Crippen molar-refractivity contribution >= 4 is 6.03 Å². The van der Waals surface area contributed by atoms with Gasteiger partial charge in [0, 0.05) is 19.8 Å². The molecule has 0 aliphatic rings. The predicted octanol–water partition coefficient (Wildman–Crippen LogP) is 3.73. The van der Waals surface area contributed by atoms with Crippen LogP contribution < -0.4 is 5.32 Å². The molecule has 146 valence electrons. The van der Waals surface area contributed by atoms with Crippen LogP contribution in [0, 0.1) is 0 Å². The molecule has 6 heteroatoms. The van der Waals surface area contributed by atoms with Crippen molar-refractivity contribution in [2.24, 2.45) is 0 Å². The molecule has 1 N–H and O–H groups in total. The number of carbonyl (C=O) groups excluding carboxylic acids is 1. The van der Waals surface area contributed by atoms with Gasteiger partial charge >= 0.3 is 6.03 Å². The molecule has 0 saturated heterocycles. The van der Waals surface area contributed by atoms with Gasteiger partial charge in [-0.25, -0.2) is 4.79 Å². The lowest BCUT2D eigenvalue weighted by Crippen LogP contribution is -2.44. The zero-order valence-electron chi connectivity index (χ0n) is 16.0. The number of urea groups is 1. The van der Waals surface area contributed by atoms with Crippen molar-refractivity contribution < 1.29 is 19.1 Å². The SMILES string of the molecule is CCOC(CN(OCc1ccccc1)C(=O)NCc1ccccc1)OCC. The molecule has 0 bridgehead atoms. The first-order valence-corrected chi connectivity index (χ1v) is 9.22. The second kappa shape index (κ2) is 12.1. The van der Waals surface area contributed by atoms with E-state index < -0.39 is 6.29 Å². The number of hydrogen-bond donors (Lipinski definition) is 1. The minimum atomic E-state index is -0.543. The molecule has 0 fully saturated rings. The van der Waals surface area contributed by atoms with E-state index in [1.165, 1.54) is 5.06 Å². The summed E-state index contributed by atoms with van der Waals surface area (Å²) in [4.78, 5) is 18.4. The highest BCUT2D eigenvalue weighted by atomic mass is 16.7. The van der Waals surface area contributed by atoms with Crippen molar-refractivity contribution in [1.29, 1.82) is 0 Å². The summed E-state index contributed by atoms with van der Waals surface area (Å²) < 4.78 is 11.1. The highest BCUT2D eigenvalue weighted by Crippen LogP contribution is 2.07. The van der Waals surface area contributed by atoms with Gasteiger partial charge in [-0.2, -0.15) is 5.06 Å². The summed E-state index contributed by atoms with van der Waals surface area (Å²) in [6.45, 7) is 5.62. The second-order valence-corrected chi connectivity index (χ2v) is 5.80. The summed E-state index contributed by atoms with van der Waals surface area (Å²) in [5.41, 5.74) is 1.99. The maximum Gasteiger partial charge on any atom is 0.341 e. The van der Waals surface area contributed by atoms with Crippen LogP contribution in [0.15, 0.2) is 60.7 Å². The fraction of sp³-hybridized carbons (Fsp3) is 0.381. The van der Waals surface area contributed by atoms with Crippen LogP contribution in [0.1, 0.15) is 25.0 Å². The summed E-state index contributed by atoms with van der Waals surface area (Å²) in [7, 11) is 0. The van der Waals surface area contributed by atoms with E-state index in [2.05, 4.69) is 5.32 Å². The average molecular weight is 372 g/mol. The molecule has 0 aromatic heterocycles. The number of benzene rings is 2. The minimum Gasteiger partial charge on any atom is -0.351 e. The van der Waals surface area contributed by atoms with E-state index in [0.717, 1.165) is 11.1 Å². The Morgan fingerprint density at radius 3 is 2.04 bits per heavy atom. The zero-order chi connectivity index (χ0) is 19.3. The summed E-state index contributed by atoms with van der Waals surface area (Å²) in [6.07, 6.45) is -0.543. The highest BCUT2D eigenvalue weighted by Gasteiger charge is 2.21. The van der Waals surface area contributed by atoms with Crippen LogP contribution in [0.4, 0.5) is 4.79 Å². The molecule has 2 amide bonds. The van der Waals surface area contributed by atoms with Gasteiger partial charge in [0.05, 0.1) is 0 Å².